The van der Waals surface area contributed by atoms with Crippen molar-refractivity contribution in [2.75, 3.05) is 26.2 Å². The average molecular weight is 395 g/mol. The van der Waals surface area contributed by atoms with Gasteiger partial charge >= 0.3 is 12.6 Å². The van der Waals surface area contributed by atoms with Crippen LogP contribution < -0.4 is 10.1 Å². The van der Waals surface area contributed by atoms with E-state index in [1.54, 1.807) is 23.5 Å². The van der Waals surface area contributed by atoms with E-state index in [0.29, 0.717) is 13.1 Å². The molecule has 146 valence electrons. The van der Waals surface area contributed by atoms with Crippen LogP contribution in [0.3, 0.4) is 0 Å². The fraction of sp³-hybridized carbons (Fsp3) is 0.421. The minimum absolute atomic E-state index is 0.105. The maximum absolute atomic E-state index is 12.5. The Morgan fingerprint density at radius 1 is 1.19 bits per heavy atom. The van der Waals surface area contributed by atoms with E-state index >= 15 is 0 Å². The Kier molecular flexibility index (Phi) is 6.63. The van der Waals surface area contributed by atoms with Crippen LogP contribution in [-0.4, -0.2) is 48.6 Å². The van der Waals surface area contributed by atoms with Gasteiger partial charge in [0.05, 0.1) is 6.04 Å². The van der Waals surface area contributed by atoms with Crippen LogP contribution in [0.2, 0.25) is 0 Å². The van der Waals surface area contributed by atoms with Gasteiger partial charge in [-0.25, -0.2) is 4.79 Å². The molecule has 2 aromatic rings. The van der Waals surface area contributed by atoms with E-state index in [0.717, 1.165) is 25.2 Å². The number of hydrogen-bond donors (Lipinski definition) is 1. The Bertz CT molecular complexity index is 717. The third-order valence-electron chi connectivity index (χ3n) is 4.56. The standard InChI is InChI=1S/C19H23F2N3O2S/c1-14(15-4-6-16(7-5-15)26-18(20)21)22-19(25)24-10-8-23(9-11-24)13-17-3-2-12-27-17/h2-7,12,14,18H,8-11,13H2,1H3,(H,22,25). The van der Waals surface area contributed by atoms with E-state index < -0.39 is 6.61 Å². The number of urea groups is 1. The van der Waals surface area contributed by atoms with Gasteiger partial charge in [-0.1, -0.05) is 18.2 Å². The normalized spacial score (nSPS) is 16.4. The van der Waals surface area contributed by atoms with E-state index in [4.69, 9.17) is 0 Å². The Hall–Kier alpha value is -2.19. The predicted molar refractivity (Wildman–Crippen MR) is 101 cm³/mol. The average Bonchev–Trinajstić information content (AvgIpc) is 3.15. The molecule has 0 aliphatic carbocycles. The highest BCUT2D eigenvalue weighted by Crippen LogP contribution is 2.20. The zero-order valence-electron chi connectivity index (χ0n) is 15.1. The largest absolute Gasteiger partial charge is 0.435 e. The first kappa shape index (κ1) is 19.6. The van der Waals surface area contributed by atoms with Crippen molar-refractivity contribution < 1.29 is 18.3 Å². The van der Waals surface area contributed by atoms with Gasteiger partial charge < -0.3 is 15.0 Å². The molecule has 1 atom stereocenters. The minimum Gasteiger partial charge on any atom is -0.435 e. The number of thiophene rings is 1. The molecule has 0 bridgehead atoms. The summed E-state index contributed by atoms with van der Waals surface area (Å²) < 4.78 is 28.7. The summed E-state index contributed by atoms with van der Waals surface area (Å²) in [6, 6.07) is 10.2. The van der Waals surface area contributed by atoms with E-state index in [-0.39, 0.29) is 17.8 Å². The Morgan fingerprint density at radius 3 is 2.48 bits per heavy atom. The number of hydrogen-bond acceptors (Lipinski definition) is 4. The second-order valence-electron chi connectivity index (χ2n) is 6.46. The van der Waals surface area contributed by atoms with Crippen LogP contribution >= 0.6 is 11.3 Å². The van der Waals surface area contributed by atoms with E-state index in [1.165, 1.54) is 17.0 Å². The molecule has 1 aromatic heterocycles. The van der Waals surface area contributed by atoms with Gasteiger partial charge in [-0.3, -0.25) is 4.90 Å². The Morgan fingerprint density at radius 2 is 1.89 bits per heavy atom. The summed E-state index contributed by atoms with van der Waals surface area (Å²) >= 11 is 1.75. The Balaban J connectivity index is 1.46. The van der Waals surface area contributed by atoms with Crippen LogP contribution in [0.5, 0.6) is 5.75 Å². The third-order valence-corrected chi connectivity index (χ3v) is 5.43. The molecule has 0 spiro atoms. The van der Waals surface area contributed by atoms with Crippen LogP contribution in [0.15, 0.2) is 41.8 Å². The lowest BCUT2D eigenvalue weighted by Gasteiger charge is -2.35. The lowest BCUT2D eigenvalue weighted by atomic mass is 10.1. The van der Waals surface area contributed by atoms with E-state index in [2.05, 4.69) is 32.5 Å². The zero-order valence-corrected chi connectivity index (χ0v) is 15.9. The van der Waals surface area contributed by atoms with Gasteiger partial charge in [-0.2, -0.15) is 8.78 Å². The number of rotatable bonds is 6. The molecule has 1 fully saturated rings. The van der Waals surface area contributed by atoms with E-state index in [1.807, 2.05) is 11.8 Å². The van der Waals surface area contributed by atoms with Gasteiger partial charge in [-0.05, 0) is 36.1 Å². The molecule has 1 saturated heterocycles. The van der Waals surface area contributed by atoms with Gasteiger partial charge in [0.1, 0.15) is 5.75 Å². The van der Waals surface area contributed by atoms with Crippen molar-refractivity contribution in [1.82, 2.24) is 15.1 Å². The molecular formula is C19H23F2N3O2S. The maximum atomic E-state index is 12.5. The number of ether oxygens (including phenoxy) is 1. The summed E-state index contributed by atoms with van der Waals surface area (Å²) in [5.41, 5.74) is 0.835. The van der Waals surface area contributed by atoms with Crippen molar-refractivity contribution in [3.8, 4) is 5.75 Å². The van der Waals surface area contributed by atoms with Gasteiger partial charge in [0.25, 0.3) is 0 Å². The summed E-state index contributed by atoms with van der Waals surface area (Å²) in [5, 5.41) is 5.04. The summed E-state index contributed by atoms with van der Waals surface area (Å²) in [6.07, 6.45) is 0. The van der Waals surface area contributed by atoms with Crippen molar-refractivity contribution >= 4 is 17.4 Å². The molecule has 1 aliphatic heterocycles. The molecule has 0 saturated carbocycles. The number of amides is 2. The first-order valence-corrected chi connectivity index (χ1v) is 9.74. The number of alkyl halides is 2. The number of nitrogens with one attached hydrogen (secondary N) is 1. The van der Waals surface area contributed by atoms with Crippen molar-refractivity contribution in [2.45, 2.75) is 26.1 Å². The van der Waals surface area contributed by atoms with Gasteiger partial charge in [0.15, 0.2) is 0 Å². The van der Waals surface area contributed by atoms with Crippen molar-refractivity contribution in [2.24, 2.45) is 0 Å². The second kappa shape index (κ2) is 9.14. The number of carbonyl (C=O) groups is 1. The lowest BCUT2D eigenvalue weighted by Crippen LogP contribution is -2.51. The summed E-state index contributed by atoms with van der Waals surface area (Å²) in [5.74, 6) is 0.106. The summed E-state index contributed by atoms with van der Waals surface area (Å²) in [4.78, 5) is 18.0. The van der Waals surface area contributed by atoms with Gasteiger partial charge in [0.2, 0.25) is 0 Å². The predicted octanol–water partition coefficient (Wildman–Crippen LogP) is 3.94. The molecule has 8 heteroatoms. The SMILES string of the molecule is CC(NC(=O)N1CCN(Cc2cccs2)CC1)c1ccc(OC(F)F)cc1. The van der Waals surface area contributed by atoms with Gasteiger partial charge in [0, 0.05) is 37.6 Å². The molecule has 27 heavy (non-hydrogen) atoms. The summed E-state index contributed by atoms with van der Waals surface area (Å²) in [6.45, 7) is 3.02. The van der Waals surface area contributed by atoms with Crippen LogP contribution in [0.25, 0.3) is 0 Å². The van der Waals surface area contributed by atoms with Crippen LogP contribution in [-0.2, 0) is 6.54 Å². The highest BCUT2D eigenvalue weighted by atomic mass is 32.1. The molecule has 5 nitrogen and oxygen atoms in total. The molecule has 2 heterocycles. The molecule has 3 rings (SSSR count). The lowest BCUT2D eigenvalue weighted by molar-refractivity contribution is -0.0498. The van der Waals surface area contributed by atoms with Crippen LogP contribution in [0.4, 0.5) is 13.6 Å². The monoisotopic (exact) mass is 395 g/mol. The zero-order chi connectivity index (χ0) is 19.2. The second-order valence-corrected chi connectivity index (χ2v) is 7.49. The van der Waals surface area contributed by atoms with Crippen LogP contribution in [0.1, 0.15) is 23.4 Å². The van der Waals surface area contributed by atoms with Crippen LogP contribution in [0, 0.1) is 0 Å². The molecule has 0 radical (unpaired) electrons. The highest BCUT2D eigenvalue weighted by Gasteiger charge is 2.22. The number of halogens is 2. The topological polar surface area (TPSA) is 44.8 Å². The molecule has 1 aliphatic rings. The maximum Gasteiger partial charge on any atom is 0.387 e. The summed E-state index contributed by atoms with van der Waals surface area (Å²) in [7, 11) is 0. The molecular weight excluding hydrogens is 372 g/mol. The Labute approximate surface area is 161 Å². The molecule has 1 unspecified atom stereocenters. The minimum atomic E-state index is -2.84. The van der Waals surface area contributed by atoms with E-state index in [9.17, 15) is 13.6 Å². The molecule has 1 aromatic carbocycles. The highest BCUT2D eigenvalue weighted by molar-refractivity contribution is 7.09. The fourth-order valence-corrected chi connectivity index (χ4v) is 3.78. The number of piperazine rings is 1. The first-order chi connectivity index (χ1) is 13.0. The third kappa shape index (κ3) is 5.64. The van der Waals surface area contributed by atoms with Crippen molar-refractivity contribution in [1.29, 1.82) is 0 Å². The first-order valence-electron chi connectivity index (χ1n) is 8.86. The number of nitrogens with zero attached hydrogens (tertiary/aromatic N) is 2. The smallest absolute Gasteiger partial charge is 0.387 e. The quantitative estimate of drug-likeness (QED) is 0.806. The van der Waals surface area contributed by atoms with Gasteiger partial charge in [-0.15, -0.1) is 11.3 Å². The van der Waals surface area contributed by atoms with Crippen molar-refractivity contribution in [3.63, 3.8) is 0 Å². The molecule has 1 N–H and O–H groups in total. The fourth-order valence-electron chi connectivity index (χ4n) is 3.03. The number of benzene rings is 1. The number of carbonyl (C=O) groups excluding carboxylic acids is 1. The molecule has 2 amide bonds. The van der Waals surface area contributed by atoms with Crippen molar-refractivity contribution in [3.05, 3.63) is 52.2 Å².